The Bertz CT molecular complexity index is 3670. The number of anilines is 3. The van der Waals surface area contributed by atoms with Crippen molar-refractivity contribution in [1.29, 1.82) is 0 Å². The second-order valence-corrected chi connectivity index (χ2v) is 17.5. The molecule has 0 saturated carbocycles. The summed E-state index contributed by atoms with van der Waals surface area (Å²) in [6, 6.07) is 82.4. The van der Waals surface area contributed by atoms with E-state index >= 15 is 0 Å². The van der Waals surface area contributed by atoms with Gasteiger partial charge in [-0.25, -0.2) is 0 Å². The van der Waals surface area contributed by atoms with Crippen LogP contribution in [0.2, 0.25) is 0 Å². The second kappa shape index (κ2) is 15.0. The molecular formula is C63H43NO. The molecule has 65 heavy (non-hydrogen) atoms. The Morgan fingerprint density at radius 1 is 0.385 bits per heavy atom. The first-order chi connectivity index (χ1) is 32.3. The first-order valence-electron chi connectivity index (χ1n) is 22.7. The lowest BCUT2D eigenvalue weighted by atomic mass is 9.62. The number of fused-ring (bicyclic) bond motifs is 8. The molecule has 0 saturated heterocycles. The van der Waals surface area contributed by atoms with Crippen molar-refractivity contribution in [2.24, 2.45) is 5.92 Å². The van der Waals surface area contributed by atoms with Crippen LogP contribution in [0.1, 0.15) is 28.2 Å². The van der Waals surface area contributed by atoms with E-state index < -0.39 is 5.41 Å². The van der Waals surface area contributed by atoms with Gasteiger partial charge in [0.05, 0.1) is 16.8 Å². The quantitative estimate of drug-likeness (QED) is 0.159. The minimum Gasteiger partial charge on any atom is -0.455 e. The maximum atomic E-state index is 6.53. The Hall–Kier alpha value is -8.20. The van der Waals surface area contributed by atoms with Crippen LogP contribution < -0.4 is 4.90 Å². The molecule has 0 radical (unpaired) electrons. The standard InChI is InChI=1S/C63H43NO/c1-3-18-42(19-4-1)46-38-40-59(52-26-9-7-22-48(46)52)64(45-36-34-43(35-37-45)47-29-17-30-55-54-28-13-16-33-61(54)65-62(47)55)60-41-39-58(51-25-8-10-27-53(51)60)63(44-20-5-2-6-21-44)56-31-14-11-23-49(56)50-24-12-15-32-57(50)63/h1-41,49,56H. The van der Waals surface area contributed by atoms with Crippen molar-refractivity contribution >= 4 is 60.5 Å². The van der Waals surface area contributed by atoms with Crippen LogP contribution in [-0.4, -0.2) is 0 Å². The molecule has 2 heteroatoms. The first-order valence-corrected chi connectivity index (χ1v) is 22.7. The molecule has 10 aromatic carbocycles. The van der Waals surface area contributed by atoms with Gasteiger partial charge in [0, 0.05) is 44.6 Å². The molecule has 0 spiro atoms. The normalized spacial score (nSPS) is 17.5. The van der Waals surface area contributed by atoms with Gasteiger partial charge in [0.2, 0.25) is 0 Å². The maximum Gasteiger partial charge on any atom is 0.143 e. The fourth-order valence-electron chi connectivity index (χ4n) is 11.5. The third-order valence-electron chi connectivity index (χ3n) is 14.2. The molecule has 0 amide bonds. The van der Waals surface area contributed by atoms with Crippen molar-refractivity contribution in [3.05, 3.63) is 271 Å². The summed E-state index contributed by atoms with van der Waals surface area (Å²) < 4.78 is 6.53. The summed E-state index contributed by atoms with van der Waals surface area (Å²) in [5.74, 6) is 0.473. The Morgan fingerprint density at radius 3 is 1.78 bits per heavy atom. The molecule has 0 N–H and O–H groups in total. The Kier molecular flexibility index (Phi) is 8.60. The SMILES string of the molecule is C1=CC2c3ccccc3C(c3ccccc3)(c3ccc(N(c4ccc(-c5cccc6c5oc5ccccc56)cc4)c4ccc(-c5ccccc5)c5ccccc45)c4ccccc34)C2C=C1. The van der Waals surface area contributed by atoms with E-state index in [2.05, 4.69) is 248 Å². The zero-order valence-corrected chi connectivity index (χ0v) is 35.7. The lowest BCUT2D eigenvalue weighted by Crippen LogP contribution is -2.35. The van der Waals surface area contributed by atoms with Crippen LogP contribution >= 0.6 is 0 Å². The lowest BCUT2D eigenvalue weighted by Gasteiger charge is -2.40. The van der Waals surface area contributed by atoms with Crippen LogP contribution in [0.15, 0.2) is 253 Å². The summed E-state index contributed by atoms with van der Waals surface area (Å²) in [4.78, 5) is 2.48. The van der Waals surface area contributed by atoms with Gasteiger partial charge in [-0.15, -0.1) is 0 Å². The molecule has 3 unspecified atom stereocenters. The zero-order chi connectivity index (χ0) is 42.9. The summed E-state index contributed by atoms with van der Waals surface area (Å²) in [6.45, 7) is 0. The van der Waals surface area contributed by atoms with Gasteiger partial charge in [-0.3, -0.25) is 0 Å². The number of rotatable bonds is 7. The van der Waals surface area contributed by atoms with E-state index in [1.165, 1.54) is 54.9 Å². The van der Waals surface area contributed by atoms with E-state index in [-0.39, 0.29) is 11.8 Å². The Morgan fingerprint density at radius 2 is 0.985 bits per heavy atom. The third kappa shape index (κ3) is 5.67. The number of para-hydroxylation sites is 2. The highest BCUT2D eigenvalue weighted by Gasteiger charge is 2.53. The van der Waals surface area contributed by atoms with Gasteiger partial charge in [0.25, 0.3) is 0 Å². The summed E-state index contributed by atoms with van der Waals surface area (Å²) in [5, 5.41) is 7.11. The number of furan rings is 1. The van der Waals surface area contributed by atoms with Crippen LogP contribution in [0, 0.1) is 5.92 Å². The largest absolute Gasteiger partial charge is 0.455 e. The molecule has 2 nitrogen and oxygen atoms in total. The lowest BCUT2D eigenvalue weighted by molar-refractivity contribution is 0.459. The molecule has 3 atom stereocenters. The second-order valence-electron chi connectivity index (χ2n) is 17.5. The highest BCUT2D eigenvalue weighted by molar-refractivity contribution is 6.11. The average molecular weight is 830 g/mol. The monoisotopic (exact) mass is 829 g/mol. The minimum atomic E-state index is -0.421. The minimum absolute atomic E-state index is 0.205. The molecule has 13 rings (SSSR count). The van der Waals surface area contributed by atoms with Gasteiger partial charge < -0.3 is 9.32 Å². The summed E-state index contributed by atoms with van der Waals surface area (Å²) in [6.07, 6.45) is 9.36. The smallest absolute Gasteiger partial charge is 0.143 e. The van der Waals surface area contributed by atoms with Crippen molar-refractivity contribution in [3.8, 4) is 22.3 Å². The van der Waals surface area contributed by atoms with Crippen LogP contribution in [0.3, 0.4) is 0 Å². The van der Waals surface area contributed by atoms with Crippen LogP contribution in [0.25, 0.3) is 65.7 Å². The van der Waals surface area contributed by atoms with E-state index in [0.29, 0.717) is 0 Å². The van der Waals surface area contributed by atoms with E-state index in [9.17, 15) is 0 Å². The molecule has 2 aliphatic carbocycles. The topological polar surface area (TPSA) is 16.4 Å². The van der Waals surface area contributed by atoms with Crippen molar-refractivity contribution in [3.63, 3.8) is 0 Å². The van der Waals surface area contributed by atoms with Gasteiger partial charge in [-0.1, -0.05) is 218 Å². The molecule has 0 fully saturated rings. The zero-order valence-electron chi connectivity index (χ0n) is 35.7. The van der Waals surface area contributed by atoms with Gasteiger partial charge in [-0.05, 0) is 80.0 Å². The van der Waals surface area contributed by atoms with Crippen molar-refractivity contribution in [2.45, 2.75) is 11.3 Å². The van der Waals surface area contributed by atoms with E-state index in [4.69, 9.17) is 4.42 Å². The number of hydrogen-bond acceptors (Lipinski definition) is 2. The molecule has 1 aromatic heterocycles. The van der Waals surface area contributed by atoms with E-state index in [1.54, 1.807) is 0 Å². The molecule has 0 aliphatic heterocycles. The van der Waals surface area contributed by atoms with Crippen LogP contribution in [0.4, 0.5) is 17.1 Å². The predicted octanol–water partition coefficient (Wildman–Crippen LogP) is 16.9. The molecule has 0 bridgehead atoms. The third-order valence-corrected chi connectivity index (χ3v) is 14.2. The fourth-order valence-corrected chi connectivity index (χ4v) is 11.5. The molecule has 11 aromatic rings. The highest BCUT2D eigenvalue weighted by Crippen LogP contribution is 2.61. The van der Waals surface area contributed by atoms with Gasteiger partial charge in [-0.2, -0.15) is 0 Å². The van der Waals surface area contributed by atoms with E-state index in [0.717, 1.165) is 50.1 Å². The van der Waals surface area contributed by atoms with Gasteiger partial charge in [0.1, 0.15) is 11.2 Å². The number of allylic oxidation sites excluding steroid dienone is 4. The highest BCUT2D eigenvalue weighted by atomic mass is 16.3. The summed E-state index contributed by atoms with van der Waals surface area (Å²) in [7, 11) is 0. The van der Waals surface area contributed by atoms with Gasteiger partial charge >= 0.3 is 0 Å². The predicted molar refractivity (Wildman–Crippen MR) is 272 cm³/mol. The van der Waals surface area contributed by atoms with Crippen LogP contribution in [-0.2, 0) is 5.41 Å². The number of nitrogens with zero attached hydrogens (tertiary/aromatic N) is 1. The number of benzene rings is 10. The maximum absolute atomic E-state index is 6.53. The molecule has 2 aliphatic rings. The average Bonchev–Trinajstić information content (AvgIpc) is 3.91. The van der Waals surface area contributed by atoms with Crippen molar-refractivity contribution in [1.82, 2.24) is 0 Å². The summed E-state index contributed by atoms with van der Waals surface area (Å²) in [5.41, 5.74) is 14.7. The molecule has 306 valence electrons. The van der Waals surface area contributed by atoms with Gasteiger partial charge in [0.15, 0.2) is 0 Å². The Labute approximate surface area is 378 Å². The van der Waals surface area contributed by atoms with E-state index in [1.807, 2.05) is 6.07 Å². The van der Waals surface area contributed by atoms with Crippen molar-refractivity contribution < 1.29 is 4.42 Å². The summed E-state index contributed by atoms with van der Waals surface area (Å²) >= 11 is 0. The van der Waals surface area contributed by atoms with Crippen LogP contribution in [0.5, 0.6) is 0 Å². The first kappa shape index (κ1) is 37.4. The fraction of sp³-hybridized carbons (Fsp3) is 0.0476. The van der Waals surface area contributed by atoms with Crippen molar-refractivity contribution in [2.75, 3.05) is 4.90 Å². The molecular weight excluding hydrogens is 787 g/mol. The molecule has 1 heterocycles. The Balaban J connectivity index is 1.05. The number of hydrogen-bond donors (Lipinski definition) is 0.